The molecular formula is C16H12BrClN4O2. The number of hydrogen-bond donors (Lipinski definition) is 1. The van der Waals surface area contributed by atoms with Gasteiger partial charge in [0.1, 0.15) is 10.7 Å². The number of pyridine rings is 2. The maximum atomic E-state index is 11.0. The smallest absolute Gasteiger partial charge is 0.293 e. The van der Waals surface area contributed by atoms with Crippen molar-refractivity contribution in [2.45, 2.75) is 12.5 Å². The summed E-state index contributed by atoms with van der Waals surface area (Å²) >= 11 is 9.54. The van der Waals surface area contributed by atoms with Crippen molar-refractivity contribution in [1.29, 1.82) is 0 Å². The van der Waals surface area contributed by atoms with Crippen molar-refractivity contribution in [2.24, 2.45) is 0 Å². The Morgan fingerprint density at radius 1 is 1.29 bits per heavy atom. The van der Waals surface area contributed by atoms with Gasteiger partial charge < -0.3 is 4.74 Å². The van der Waals surface area contributed by atoms with E-state index in [-0.39, 0.29) is 0 Å². The second kappa shape index (κ2) is 7.55. The number of halogens is 2. The van der Waals surface area contributed by atoms with Crippen molar-refractivity contribution in [1.82, 2.24) is 20.2 Å². The summed E-state index contributed by atoms with van der Waals surface area (Å²) in [7, 11) is 0. The van der Waals surface area contributed by atoms with E-state index in [1.165, 1.54) is 0 Å². The van der Waals surface area contributed by atoms with Gasteiger partial charge in [0.15, 0.2) is 0 Å². The third kappa shape index (κ3) is 3.63. The van der Waals surface area contributed by atoms with Crippen molar-refractivity contribution >= 4 is 34.0 Å². The van der Waals surface area contributed by atoms with Crippen LogP contribution in [0.5, 0.6) is 0 Å². The van der Waals surface area contributed by atoms with Crippen LogP contribution >= 0.6 is 27.5 Å². The summed E-state index contributed by atoms with van der Waals surface area (Å²) in [6, 6.07) is 8.96. The van der Waals surface area contributed by atoms with Crippen LogP contribution < -0.4 is 0 Å². The first-order valence-corrected chi connectivity index (χ1v) is 8.21. The van der Waals surface area contributed by atoms with Crippen LogP contribution in [0.15, 0.2) is 47.3 Å². The normalized spacial score (nSPS) is 11.9. The standard InChI is InChI=1S/C16H12BrClN4O2/c17-14-8-10(21-22-14)7-13(24-9-23)16-11(3-1-5-20-16)15-12(18)4-2-6-19-15/h1-6,8-9,13H,7H2,(H,21,22). The van der Waals surface area contributed by atoms with Gasteiger partial charge in [-0.2, -0.15) is 5.10 Å². The monoisotopic (exact) mass is 406 g/mol. The average molecular weight is 408 g/mol. The summed E-state index contributed by atoms with van der Waals surface area (Å²) in [6.07, 6.45) is 3.09. The number of aromatic amines is 1. The van der Waals surface area contributed by atoms with Crippen molar-refractivity contribution in [3.05, 3.63) is 63.7 Å². The van der Waals surface area contributed by atoms with Gasteiger partial charge in [0.05, 0.1) is 16.4 Å². The zero-order chi connectivity index (χ0) is 16.9. The van der Waals surface area contributed by atoms with E-state index >= 15 is 0 Å². The van der Waals surface area contributed by atoms with Crippen LogP contribution in [0.2, 0.25) is 5.02 Å². The van der Waals surface area contributed by atoms with Gasteiger partial charge in [-0.05, 0) is 46.3 Å². The third-order valence-electron chi connectivity index (χ3n) is 3.38. The van der Waals surface area contributed by atoms with Crippen molar-refractivity contribution in [3.63, 3.8) is 0 Å². The van der Waals surface area contributed by atoms with E-state index in [4.69, 9.17) is 16.3 Å². The summed E-state index contributed by atoms with van der Waals surface area (Å²) < 4.78 is 5.94. The molecule has 0 fully saturated rings. The van der Waals surface area contributed by atoms with E-state index in [9.17, 15) is 4.79 Å². The number of H-pyrrole nitrogens is 1. The first-order valence-electron chi connectivity index (χ1n) is 7.03. The van der Waals surface area contributed by atoms with Crippen LogP contribution in [0.1, 0.15) is 17.5 Å². The lowest BCUT2D eigenvalue weighted by molar-refractivity contribution is -0.134. The second-order valence-corrected chi connectivity index (χ2v) is 6.13. The van der Waals surface area contributed by atoms with Crippen molar-refractivity contribution < 1.29 is 9.53 Å². The van der Waals surface area contributed by atoms with Crippen LogP contribution in [0, 0.1) is 0 Å². The molecule has 24 heavy (non-hydrogen) atoms. The van der Waals surface area contributed by atoms with Crippen molar-refractivity contribution in [2.75, 3.05) is 0 Å². The lowest BCUT2D eigenvalue weighted by Gasteiger charge is -2.17. The molecule has 3 heterocycles. The molecule has 0 saturated carbocycles. The molecule has 0 aliphatic carbocycles. The van der Waals surface area contributed by atoms with E-state index in [0.717, 1.165) is 5.69 Å². The molecular weight excluding hydrogens is 396 g/mol. The van der Waals surface area contributed by atoms with E-state index in [2.05, 4.69) is 36.1 Å². The van der Waals surface area contributed by atoms with Gasteiger partial charge in [0.2, 0.25) is 0 Å². The Balaban J connectivity index is 2.02. The van der Waals surface area contributed by atoms with Gasteiger partial charge in [-0.3, -0.25) is 19.9 Å². The highest BCUT2D eigenvalue weighted by atomic mass is 79.9. The van der Waals surface area contributed by atoms with E-state index in [0.29, 0.717) is 39.5 Å². The molecule has 1 N–H and O–H groups in total. The van der Waals surface area contributed by atoms with Crippen LogP contribution in [0.25, 0.3) is 11.3 Å². The Labute approximate surface area is 151 Å². The van der Waals surface area contributed by atoms with Gasteiger partial charge >= 0.3 is 0 Å². The highest BCUT2D eigenvalue weighted by molar-refractivity contribution is 9.10. The Kier molecular flexibility index (Phi) is 5.22. The number of nitrogens with one attached hydrogen (secondary N) is 1. The molecule has 122 valence electrons. The minimum absolute atomic E-state index is 0.395. The first-order chi connectivity index (χ1) is 11.7. The molecule has 0 saturated heterocycles. The molecule has 0 aliphatic rings. The number of rotatable bonds is 6. The molecule has 6 nitrogen and oxygen atoms in total. The predicted molar refractivity (Wildman–Crippen MR) is 92.4 cm³/mol. The van der Waals surface area contributed by atoms with Gasteiger partial charge in [-0.15, -0.1) is 0 Å². The van der Waals surface area contributed by atoms with Gasteiger partial charge in [-0.1, -0.05) is 11.6 Å². The van der Waals surface area contributed by atoms with E-state index < -0.39 is 6.10 Å². The Hall–Kier alpha value is -2.25. The molecule has 1 unspecified atom stereocenters. The zero-order valence-electron chi connectivity index (χ0n) is 12.3. The maximum Gasteiger partial charge on any atom is 0.293 e. The lowest BCUT2D eigenvalue weighted by atomic mass is 10.0. The molecule has 0 aliphatic heterocycles. The van der Waals surface area contributed by atoms with Crippen LogP contribution in [-0.2, 0) is 16.0 Å². The van der Waals surface area contributed by atoms with Gasteiger partial charge in [0.25, 0.3) is 6.47 Å². The summed E-state index contributed by atoms with van der Waals surface area (Å²) in [5, 5.41) is 7.39. The fourth-order valence-electron chi connectivity index (χ4n) is 2.37. The molecule has 0 bridgehead atoms. The average Bonchev–Trinajstić information content (AvgIpc) is 3.00. The third-order valence-corrected chi connectivity index (χ3v) is 4.09. The molecule has 1 atom stereocenters. The molecule has 8 heteroatoms. The maximum absolute atomic E-state index is 11.0. The molecule has 3 aromatic heterocycles. The Bertz CT molecular complexity index is 855. The van der Waals surface area contributed by atoms with Crippen LogP contribution in [0.3, 0.4) is 0 Å². The second-order valence-electron chi connectivity index (χ2n) is 4.91. The summed E-state index contributed by atoms with van der Waals surface area (Å²) in [6.45, 7) is 0.411. The SMILES string of the molecule is O=COC(Cc1cc(Br)n[nH]1)c1ncccc1-c1ncccc1Cl. The Morgan fingerprint density at radius 3 is 2.79 bits per heavy atom. The number of aromatic nitrogens is 4. The molecule has 3 rings (SSSR count). The highest BCUT2D eigenvalue weighted by Crippen LogP contribution is 2.32. The molecule has 0 amide bonds. The van der Waals surface area contributed by atoms with Crippen LogP contribution in [0.4, 0.5) is 0 Å². The first kappa shape index (κ1) is 16.6. The number of hydrogen-bond acceptors (Lipinski definition) is 5. The molecule has 0 aromatic carbocycles. The Morgan fingerprint density at radius 2 is 2.08 bits per heavy atom. The lowest BCUT2D eigenvalue weighted by Crippen LogP contribution is -2.11. The molecule has 0 spiro atoms. The largest absolute Gasteiger partial charge is 0.458 e. The number of ether oxygens (including phenoxy) is 1. The summed E-state index contributed by atoms with van der Waals surface area (Å²) in [4.78, 5) is 19.7. The summed E-state index contributed by atoms with van der Waals surface area (Å²) in [5.41, 5.74) is 2.69. The quantitative estimate of drug-likeness (QED) is 0.630. The van der Waals surface area contributed by atoms with Crippen LogP contribution in [-0.4, -0.2) is 26.6 Å². The van der Waals surface area contributed by atoms with E-state index in [1.54, 1.807) is 30.6 Å². The summed E-state index contributed by atoms with van der Waals surface area (Å²) in [5.74, 6) is 0. The predicted octanol–water partition coefficient (Wildman–Crippen LogP) is 3.74. The van der Waals surface area contributed by atoms with E-state index in [1.807, 2.05) is 12.1 Å². The molecule has 0 radical (unpaired) electrons. The fourth-order valence-corrected chi connectivity index (χ4v) is 2.96. The minimum atomic E-state index is -0.593. The number of nitrogens with zero attached hydrogens (tertiary/aromatic N) is 3. The number of carbonyl (C=O) groups is 1. The van der Waals surface area contributed by atoms with Crippen molar-refractivity contribution in [3.8, 4) is 11.3 Å². The molecule has 3 aromatic rings. The van der Waals surface area contributed by atoms with Gasteiger partial charge in [-0.25, -0.2) is 0 Å². The minimum Gasteiger partial charge on any atom is -0.458 e. The highest BCUT2D eigenvalue weighted by Gasteiger charge is 2.22. The number of carbonyl (C=O) groups excluding carboxylic acids is 1. The van der Waals surface area contributed by atoms with Gasteiger partial charge in [0, 0.05) is 30.1 Å². The topological polar surface area (TPSA) is 80.8 Å². The fraction of sp³-hybridized carbons (Fsp3) is 0.125. The zero-order valence-corrected chi connectivity index (χ0v) is 14.7.